The van der Waals surface area contributed by atoms with Gasteiger partial charge in [-0.25, -0.2) is 0 Å². The monoisotopic (exact) mass is 279 g/mol. The first-order chi connectivity index (χ1) is 8.49. The van der Waals surface area contributed by atoms with Gasteiger partial charge in [-0.3, -0.25) is 0 Å². The van der Waals surface area contributed by atoms with Crippen LogP contribution >= 0.6 is 0 Å². The van der Waals surface area contributed by atoms with E-state index in [0.29, 0.717) is 25.6 Å². The van der Waals surface area contributed by atoms with Crippen LogP contribution in [0, 0.1) is 5.92 Å². The van der Waals surface area contributed by atoms with Crippen LogP contribution in [0.5, 0.6) is 0 Å². The van der Waals surface area contributed by atoms with Gasteiger partial charge < -0.3 is 10.1 Å². The van der Waals surface area contributed by atoms with Crippen LogP contribution in [-0.2, 0) is 14.9 Å². The predicted molar refractivity (Wildman–Crippen MR) is 71.6 cm³/mol. The molecule has 6 nitrogen and oxygen atoms in total. The van der Waals surface area contributed by atoms with Crippen LogP contribution in [-0.4, -0.2) is 59.2 Å². The molecule has 1 rings (SSSR count). The zero-order valence-electron chi connectivity index (χ0n) is 11.5. The molecule has 2 unspecified atom stereocenters. The minimum absolute atomic E-state index is 0.204. The maximum absolute atomic E-state index is 12.2. The van der Waals surface area contributed by atoms with Gasteiger partial charge in [0.2, 0.25) is 0 Å². The lowest BCUT2D eigenvalue weighted by Crippen LogP contribution is -2.50. The van der Waals surface area contributed by atoms with E-state index >= 15 is 0 Å². The van der Waals surface area contributed by atoms with E-state index < -0.39 is 10.2 Å². The Bertz CT molecular complexity index is 332. The second-order valence-electron chi connectivity index (χ2n) is 4.90. The lowest BCUT2D eigenvalue weighted by atomic mass is 10.00. The van der Waals surface area contributed by atoms with E-state index in [1.807, 2.05) is 7.05 Å². The summed E-state index contributed by atoms with van der Waals surface area (Å²) in [5.74, 6) is 0.401. The van der Waals surface area contributed by atoms with Gasteiger partial charge in [0.15, 0.2) is 0 Å². The molecule has 0 aromatic rings. The zero-order valence-corrected chi connectivity index (χ0v) is 12.3. The van der Waals surface area contributed by atoms with Gasteiger partial charge in [0.1, 0.15) is 0 Å². The van der Waals surface area contributed by atoms with Crippen LogP contribution in [0.15, 0.2) is 0 Å². The number of piperidine rings is 1. The Morgan fingerprint density at radius 1 is 1.50 bits per heavy atom. The smallest absolute Gasteiger partial charge is 0.279 e. The molecule has 18 heavy (non-hydrogen) atoms. The van der Waals surface area contributed by atoms with Crippen LogP contribution in [0.2, 0.25) is 0 Å². The molecule has 1 heterocycles. The van der Waals surface area contributed by atoms with Gasteiger partial charge in [0.05, 0.1) is 6.61 Å². The normalized spacial score (nSPS) is 24.1. The van der Waals surface area contributed by atoms with Gasteiger partial charge >= 0.3 is 0 Å². The van der Waals surface area contributed by atoms with Gasteiger partial charge in [-0.05, 0) is 39.3 Å². The lowest BCUT2D eigenvalue weighted by molar-refractivity contribution is 0.178. The SMILES string of the molecule is CNCC1CCCN(S(=O)(=O)NC(C)COC)C1. The number of nitrogens with one attached hydrogen (secondary N) is 2. The molecule has 1 saturated heterocycles. The number of hydrogen-bond donors (Lipinski definition) is 2. The highest BCUT2D eigenvalue weighted by Gasteiger charge is 2.29. The zero-order chi connectivity index (χ0) is 13.6. The van der Waals surface area contributed by atoms with Gasteiger partial charge in [-0.2, -0.15) is 17.4 Å². The molecule has 0 aromatic carbocycles. The van der Waals surface area contributed by atoms with Crippen LogP contribution in [0.1, 0.15) is 19.8 Å². The number of hydrogen-bond acceptors (Lipinski definition) is 4. The molecule has 0 radical (unpaired) electrons. The summed E-state index contributed by atoms with van der Waals surface area (Å²) in [5, 5.41) is 3.11. The van der Waals surface area contributed by atoms with Crippen LogP contribution < -0.4 is 10.0 Å². The Labute approximate surface area is 110 Å². The third-order valence-corrected chi connectivity index (χ3v) is 4.79. The van der Waals surface area contributed by atoms with Crippen molar-refractivity contribution in [3.63, 3.8) is 0 Å². The summed E-state index contributed by atoms with van der Waals surface area (Å²) in [7, 11) is 0.0789. The Morgan fingerprint density at radius 2 is 2.22 bits per heavy atom. The molecule has 0 saturated carbocycles. The molecule has 108 valence electrons. The Morgan fingerprint density at radius 3 is 2.83 bits per heavy atom. The van der Waals surface area contributed by atoms with Gasteiger partial charge in [-0.15, -0.1) is 0 Å². The molecule has 1 aliphatic rings. The third kappa shape index (κ3) is 4.81. The molecule has 1 fully saturated rings. The van der Waals surface area contributed by atoms with Crippen molar-refractivity contribution in [2.24, 2.45) is 5.92 Å². The van der Waals surface area contributed by atoms with Gasteiger partial charge in [-0.1, -0.05) is 0 Å². The average Bonchev–Trinajstić information content (AvgIpc) is 2.29. The summed E-state index contributed by atoms with van der Waals surface area (Å²) >= 11 is 0. The van der Waals surface area contributed by atoms with Crippen LogP contribution in [0.4, 0.5) is 0 Å². The Balaban J connectivity index is 2.55. The third-order valence-electron chi connectivity index (χ3n) is 3.08. The molecule has 2 N–H and O–H groups in total. The maximum atomic E-state index is 12.2. The molecular weight excluding hydrogens is 254 g/mol. The van der Waals surface area contributed by atoms with Crippen LogP contribution in [0.25, 0.3) is 0 Å². The summed E-state index contributed by atoms with van der Waals surface area (Å²) < 4.78 is 33.4. The number of rotatable bonds is 7. The molecular formula is C11H25N3O3S. The van der Waals surface area contributed by atoms with E-state index in [1.54, 1.807) is 18.3 Å². The lowest BCUT2D eigenvalue weighted by Gasteiger charge is -2.32. The van der Waals surface area contributed by atoms with E-state index in [-0.39, 0.29) is 6.04 Å². The Hall–Kier alpha value is -0.210. The molecule has 0 aromatic heterocycles. The van der Waals surface area contributed by atoms with E-state index in [2.05, 4.69) is 10.0 Å². The van der Waals surface area contributed by atoms with Crippen molar-refractivity contribution in [1.29, 1.82) is 0 Å². The fourth-order valence-electron chi connectivity index (χ4n) is 2.31. The molecule has 0 spiro atoms. The first-order valence-electron chi connectivity index (χ1n) is 6.40. The molecule has 0 bridgehead atoms. The second kappa shape index (κ2) is 7.40. The first kappa shape index (κ1) is 15.8. The quantitative estimate of drug-likeness (QED) is 0.676. The molecule has 0 aliphatic carbocycles. The topological polar surface area (TPSA) is 70.7 Å². The van der Waals surface area contributed by atoms with E-state index in [0.717, 1.165) is 19.4 Å². The standard InChI is InChI=1S/C11H25N3O3S/c1-10(9-17-3)13-18(15,16)14-6-4-5-11(8-14)7-12-2/h10-13H,4-9H2,1-3H3. The minimum Gasteiger partial charge on any atom is -0.383 e. The largest absolute Gasteiger partial charge is 0.383 e. The summed E-state index contributed by atoms with van der Waals surface area (Å²) in [6.45, 7) is 4.24. The minimum atomic E-state index is -3.38. The van der Waals surface area contributed by atoms with Crippen molar-refractivity contribution in [3.05, 3.63) is 0 Å². The van der Waals surface area contributed by atoms with Crippen molar-refractivity contribution < 1.29 is 13.2 Å². The number of nitrogens with zero attached hydrogens (tertiary/aromatic N) is 1. The summed E-state index contributed by atoms with van der Waals surface area (Å²) in [6.07, 6.45) is 2.01. The highest BCUT2D eigenvalue weighted by molar-refractivity contribution is 7.87. The van der Waals surface area contributed by atoms with E-state index in [1.165, 1.54) is 0 Å². The van der Waals surface area contributed by atoms with Crippen molar-refractivity contribution >= 4 is 10.2 Å². The highest BCUT2D eigenvalue weighted by atomic mass is 32.2. The Kier molecular flexibility index (Phi) is 6.51. The van der Waals surface area contributed by atoms with Gasteiger partial charge in [0.25, 0.3) is 10.2 Å². The fraction of sp³-hybridized carbons (Fsp3) is 1.00. The summed E-state index contributed by atoms with van der Waals surface area (Å²) in [6, 6.07) is -0.204. The second-order valence-corrected chi connectivity index (χ2v) is 6.61. The van der Waals surface area contributed by atoms with Gasteiger partial charge in [0, 0.05) is 26.2 Å². The average molecular weight is 279 g/mol. The molecule has 1 aliphatic heterocycles. The van der Waals surface area contributed by atoms with Crippen LogP contribution in [0.3, 0.4) is 0 Å². The first-order valence-corrected chi connectivity index (χ1v) is 7.84. The molecule has 0 amide bonds. The van der Waals surface area contributed by atoms with Crippen molar-refractivity contribution in [2.75, 3.05) is 40.4 Å². The van der Waals surface area contributed by atoms with E-state index in [9.17, 15) is 8.42 Å². The number of ether oxygens (including phenoxy) is 1. The van der Waals surface area contributed by atoms with E-state index in [4.69, 9.17) is 4.74 Å². The number of methoxy groups -OCH3 is 1. The maximum Gasteiger partial charge on any atom is 0.279 e. The van der Waals surface area contributed by atoms with Crippen molar-refractivity contribution in [1.82, 2.24) is 14.3 Å². The molecule has 7 heteroatoms. The fourth-order valence-corrected chi connectivity index (χ4v) is 3.82. The van der Waals surface area contributed by atoms with Crippen molar-refractivity contribution in [3.8, 4) is 0 Å². The summed E-state index contributed by atoms with van der Waals surface area (Å²) in [4.78, 5) is 0. The highest BCUT2D eigenvalue weighted by Crippen LogP contribution is 2.18. The van der Waals surface area contributed by atoms with Crippen molar-refractivity contribution in [2.45, 2.75) is 25.8 Å². The predicted octanol–water partition coefficient (Wildman–Crippen LogP) is -0.213. The molecule has 2 atom stereocenters. The summed E-state index contributed by atoms with van der Waals surface area (Å²) in [5.41, 5.74) is 0.